The number of alkyl halides is 3. The Hall–Kier alpha value is -3.95. The number of carbonyl (C=O) groups excluding carboxylic acids is 2. The van der Waals surface area contributed by atoms with Crippen LogP contribution in [0.2, 0.25) is 0 Å². The number of halogens is 4. The molecule has 0 saturated carbocycles. The van der Waals surface area contributed by atoms with Crippen LogP contribution in [0.15, 0.2) is 42.6 Å². The summed E-state index contributed by atoms with van der Waals surface area (Å²) >= 11 is 0. The number of amides is 2. The number of nitrogens with zero attached hydrogens (tertiary/aromatic N) is 3. The molecule has 2 rings (SSSR count). The Morgan fingerprint density at radius 3 is 2.37 bits per heavy atom. The summed E-state index contributed by atoms with van der Waals surface area (Å²) < 4.78 is 54.7. The second-order valence-electron chi connectivity index (χ2n) is 8.11. The van der Waals surface area contributed by atoms with E-state index in [-0.39, 0.29) is 29.9 Å². The Morgan fingerprint density at radius 2 is 1.86 bits per heavy atom. The zero-order valence-electron chi connectivity index (χ0n) is 19.2. The van der Waals surface area contributed by atoms with Gasteiger partial charge in [0.1, 0.15) is 5.82 Å². The van der Waals surface area contributed by atoms with Crippen molar-refractivity contribution in [1.29, 1.82) is 5.26 Å². The highest BCUT2D eigenvalue weighted by Crippen LogP contribution is 2.35. The molecule has 5 N–H and O–H groups in total. The van der Waals surface area contributed by atoms with Crippen molar-refractivity contribution in [1.82, 2.24) is 10.3 Å². The molecule has 186 valence electrons. The third kappa shape index (κ3) is 5.95. The maximum absolute atomic E-state index is 14.7. The molecule has 0 fully saturated rings. The zero-order valence-corrected chi connectivity index (χ0v) is 19.2. The molecule has 0 saturated heterocycles. The molecule has 2 amide bonds. The fourth-order valence-electron chi connectivity index (χ4n) is 3.18. The smallest absolute Gasteiger partial charge is 0.397 e. The lowest BCUT2D eigenvalue weighted by Gasteiger charge is -2.36. The van der Waals surface area contributed by atoms with Gasteiger partial charge in [-0.3, -0.25) is 25.2 Å². The van der Waals surface area contributed by atoms with E-state index in [1.165, 1.54) is 50.2 Å². The maximum Gasteiger partial charge on any atom is 0.417 e. The van der Waals surface area contributed by atoms with E-state index in [1.54, 1.807) is 6.07 Å². The van der Waals surface area contributed by atoms with Gasteiger partial charge < -0.3 is 11.2 Å². The molecular weight excluding hydrogens is 468 g/mol. The van der Waals surface area contributed by atoms with Gasteiger partial charge in [-0.15, -0.1) is 0 Å². The van der Waals surface area contributed by atoms with Gasteiger partial charge >= 0.3 is 6.18 Å². The van der Waals surface area contributed by atoms with E-state index in [2.05, 4.69) is 5.43 Å². The Morgan fingerprint density at radius 1 is 1.20 bits per heavy atom. The lowest BCUT2D eigenvalue weighted by Crippen LogP contribution is -2.54. The summed E-state index contributed by atoms with van der Waals surface area (Å²) in [5, 5.41) is 8.96. The average Bonchev–Trinajstić information content (AvgIpc) is 2.80. The normalized spacial score (nSPS) is 12.3. The van der Waals surface area contributed by atoms with E-state index in [1.807, 2.05) is 0 Å². The van der Waals surface area contributed by atoms with E-state index >= 15 is 0 Å². The van der Waals surface area contributed by atoms with Crippen LogP contribution in [0.5, 0.6) is 0 Å². The highest BCUT2D eigenvalue weighted by atomic mass is 19.4. The monoisotopic (exact) mass is 492 g/mol. The predicted molar refractivity (Wildman–Crippen MR) is 121 cm³/mol. The van der Waals surface area contributed by atoms with Crippen molar-refractivity contribution >= 4 is 23.7 Å². The lowest BCUT2D eigenvalue weighted by atomic mass is 9.98. The maximum atomic E-state index is 14.7. The van der Waals surface area contributed by atoms with Gasteiger partial charge in [0.15, 0.2) is 0 Å². The fraction of sp³-hybridized carbons (Fsp3) is 0.261. The van der Waals surface area contributed by atoms with E-state index in [4.69, 9.17) is 16.8 Å². The van der Waals surface area contributed by atoms with Crippen LogP contribution in [0.1, 0.15) is 36.1 Å². The van der Waals surface area contributed by atoms with Gasteiger partial charge in [0.2, 0.25) is 6.41 Å². The largest absolute Gasteiger partial charge is 0.417 e. The number of benzene rings is 2. The minimum absolute atomic E-state index is 0.0719. The van der Waals surface area contributed by atoms with Gasteiger partial charge in [0.25, 0.3) is 5.91 Å². The summed E-state index contributed by atoms with van der Waals surface area (Å²) in [6, 6.07) is 8.16. The molecule has 0 aromatic heterocycles. The van der Waals surface area contributed by atoms with Crippen molar-refractivity contribution in [2.45, 2.75) is 32.1 Å². The SMILES string of the molecule is CN(Cc1ccc(/C(N)=C/NN)cc1F)C(C)(C)C(=O)N(C=O)c1ccc(C#N)c(C(F)(F)F)c1. The molecule has 0 radical (unpaired) electrons. The first-order valence-electron chi connectivity index (χ1n) is 10.1. The number of carbonyl (C=O) groups is 2. The molecule has 8 nitrogen and oxygen atoms in total. The van der Waals surface area contributed by atoms with E-state index in [9.17, 15) is 27.2 Å². The van der Waals surface area contributed by atoms with Gasteiger partial charge in [-0.1, -0.05) is 12.1 Å². The van der Waals surface area contributed by atoms with Crippen LogP contribution in [0, 0.1) is 17.1 Å². The molecule has 0 aliphatic rings. The molecule has 2 aromatic rings. The Labute approximate surface area is 199 Å². The number of anilines is 1. The van der Waals surface area contributed by atoms with Gasteiger partial charge in [0.05, 0.1) is 34.1 Å². The van der Waals surface area contributed by atoms with Crippen molar-refractivity contribution in [2.75, 3.05) is 11.9 Å². The molecular formula is C23H24F4N6O2. The number of likely N-dealkylation sites (N-methyl/N-ethyl adjacent to an activating group) is 1. The van der Waals surface area contributed by atoms with Crippen molar-refractivity contribution in [3.8, 4) is 6.07 Å². The minimum Gasteiger partial charge on any atom is -0.397 e. The fourth-order valence-corrected chi connectivity index (χ4v) is 3.18. The predicted octanol–water partition coefficient (Wildman–Crippen LogP) is 2.84. The summed E-state index contributed by atoms with van der Waals surface area (Å²) in [7, 11) is 1.50. The number of hydrazine groups is 1. The lowest BCUT2D eigenvalue weighted by molar-refractivity contribution is -0.138. The van der Waals surface area contributed by atoms with E-state index in [0.717, 1.165) is 12.1 Å². The molecule has 0 spiro atoms. The Balaban J connectivity index is 2.34. The topological polar surface area (TPSA) is 128 Å². The number of nitriles is 1. The van der Waals surface area contributed by atoms with Crippen LogP contribution < -0.4 is 21.9 Å². The summed E-state index contributed by atoms with van der Waals surface area (Å²) in [6.45, 7) is 2.82. The molecule has 0 aliphatic heterocycles. The molecule has 2 aromatic carbocycles. The third-order valence-corrected chi connectivity index (χ3v) is 5.54. The molecule has 0 atom stereocenters. The first-order valence-corrected chi connectivity index (χ1v) is 10.1. The molecule has 12 heteroatoms. The van der Waals surface area contributed by atoms with Crippen LogP contribution in [0.3, 0.4) is 0 Å². The number of nitrogens with one attached hydrogen (secondary N) is 1. The zero-order chi connectivity index (χ0) is 26.6. The number of imide groups is 1. The van der Waals surface area contributed by atoms with Gasteiger partial charge in [0, 0.05) is 23.9 Å². The van der Waals surface area contributed by atoms with Crippen molar-refractivity contribution in [2.24, 2.45) is 11.6 Å². The van der Waals surface area contributed by atoms with Crippen LogP contribution in [-0.2, 0) is 22.3 Å². The summed E-state index contributed by atoms with van der Waals surface area (Å²) in [6.07, 6.45) is -3.49. The van der Waals surface area contributed by atoms with E-state index < -0.39 is 34.6 Å². The first kappa shape index (κ1) is 27.3. The number of rotatable bonds is 8. The molecule has 0 bridgehead atoms. The summed E-state index contributed by atoms with van der Waals surface area (Å²) in [5.41, 5.74) is 5.07. The highest BCUT2D eigenvalue weighted by Gasteiger charge is 2.39. The second-order valence-corrected chi connectivity index (χ2v) is 8.11. The standard InChI is InChI=1S/C23H24F4N6O2/c1-22(2,32(3)12-16-5-4-14(8-19(16)24)20(29)11-31-30)21(35)33(13-34)17-7-6-15(10-28)18(9-17)23(25,26)27/h4-9,11,13,31H,12,29-30H2,1-3H3/b20-11-. The Bertz CT molecular complexity index is 1190. The highest BCUT2D eigenvalue weighted by molar-refractivity contribution is 6.11. The Kier molecular flexibility index (Phi) is 8.22. The first-order chi connectivity index (χ1) is 16.3. The molecule has 0 heterocycles. The molecule has 0 aliphatic carbocycles. The summed E-state index contributed by atoms with van der Waals surface area (Å²) in [4.78, 5) is 26.9. The van der Waals surface area contributed by atoms with Crippen LogP contribution in [0.4, 0.5) is 23.2 Å². The summed E-state index contributed by atoms with van der Waals surface area (Å²) in [5.74, 6) is 3.69. The van der Waals surface area contributed by atoms with Gasteiger partial charge in [-0.05, 0) is 45.2 Å². The van der Waals surface area contributed by atoms with Crippen molar-refractivity contribution in [3.05, 3.63) is 70.7 Å². The minimum atomic E-state index is -4.87. The molecule has 35 heavy (non-hydrogen) atoms. The average molecular weight is 492 g/mol. The second kappa shape index (κ2) is 10.5. The third-order valence-electron chi connectivity index (χ3n) is 5.54. The van der Waals surface area contributed by atoms with Crippen molar-refractivity contribution in [3.63, 3.8) is 0 Å². The van der Waals surface area contributed by atoms with Crippen LogP contribution in [0.25, 0.3) is 5.70 Å². The number of hydrogen-bond acceptors (Lipinski definition) is 7. The van der Waals surface area contributed by atoms with Gasteiger partial charge in [-0.2, -0.15) is 18.4 Å². The van der Waals surface area contributed by atoms with Gasteiger partial charge in [-0.25, -0.2) is 4.39 Å². The molecule has 0 unspecified atom stereocenters. The van der Waals surface area contributed by atoms with Crippen LogP contribution >= 0.6 is 0 Å². The van der Waals surface area contributed by atoms with Crippen LogP contribution in [-0.4, -0.2) is 29.8 Å². The van der Waals surface area contributed by atoms with E-state index in [0.29, 0.717) is 16.5 Å². The number of nitrogens with two attached hydrogens (primary N) is 2. The quantitative estimate of drug-likeness (QED) is 0.224. The van der Waals surface area contributed by atoms with Crippen molar-refractivity contribution < 1.29 is 27.2 Å². The number of hydrogen-bond donors (Lipinski definition) is 3.